The second kappa shape index (κ2) is 5.58. The molecule has 1 aliphatic heterocycles. The molecule has 0 unspecified atom stereocenters. The van der Waals surface area contributed by atoms with Crippen molar-refractivity contribution in [1.82, 2.24) is 0 Å². The van der Waals surface area contributed by atoms with Gasteiger partial charge >= 0.3 is 0 Å². The van der Waals surface area contributed by atoms with Gasteiger partial charge in [-0.05, 0) is 62.1 Å². The fraction of sp³-hybridized carbons (Fsp3) is 0.333. The summed E-state index contributed by atoms with van der Waals surface area (Å²) in [5.74, 6) is 1.88. The maximum Gasteiger partial charge on any atom is 0.130 e. The smallest absolute Gasteiger partial charge is 0.130 e. The highest BCUT2D eigenvalue weighted by Gasteiger charge is 2.13. The van der Waals surface area contributed by atoms with Gasteiger partial charge in [-0.1, -0.05) is 18.2 Å². The zero-order valence-corrected chi connectivity index (χ0v) is 12.2. The molecule has 1 aliphatic rings. The molecule has 0 saturated carbocycles. The van der Waals surface area contributed by atoms with E-state index >= 15 is 0 Å². The first kappa shape index (κ1) is 13.0. The van der Waals surface area contributed by atoms with Crippen LogP contribution in [0.25, 0.3) is 0 Å². The molecular formula is C18H21NO. The Kier molecular flexibility index (Phi) is 3.64. The summed E-state index contributed by atoms with van der Waals surface area (Å²) in [5, 5.41) is 0. The van der Waals surface area contributed by atoms with Gasteiger partial charge < -0.3 is 9.64 Å². The predicted octanol–water partition coefficient (Wildman–Crippen LogP) is 4.70. The number of anilines is 1. The van der Waals surface area contributed by atoms with Crippen molar-refractivity contribution >= 4 is 5.69 Å². The summed E-state index contributed by atoms with van der Waals surface area (Å²) >= 11 is 0. The number of benzene rings is 2. The van der Waals surface area contributed by atoms with Crippen molar-refractivity contribution in [1.29, 1.82) is 0 Å². The number of aryl methyl sites for hydroxylation is 2. The molecule has 0 radical (unpaired) electrons. The van der Waals surface area contributed by atoms with Crippen LogP contribution in [0.5, 0.6) is 11.5 Å². The predicted molar refractivity (Wildman–Crippen MR) is 83.9 cm³/mol. The molecule has 2 aromatic rings. The van der Waals surface area contributed by atoms with E-state index in [4.69, 9.17) is 4.74 Å². The molecule has 0 atom stereocenters. The molecule has 0 aromatic heterocycles. The quantitative estimate of drug-likeness (QED) is 0.799. The van der Waals surface area contributed by atoms with Crippen molar-refractivity contribution in [2.24, 2.45) is 0 Å². The van der Waals surface area contributed by atoms with Crippen LogP contribution in [0.15, 0.2) is 42.5 Å². The highest BCUT2D eigenvalue weighted by Crippen LogP contribution is 2.31. The molecule has 0 spiro atoms. The van der Waals surface area contributed by atoms with Gasteiger partial charge in [0.2, 0.25) is 0 Å². The Balaban J connectivity index is 1.82. The third kappa shape index (κ3) is 2.64. The van der Waals surface area contributed by atoms with E-state index in [0.29, 0.717) is 0 Å². The second-order valence-corrected chi connectivity index (χ2v) is 5.51. The third-order valence-electron chi connectivity index (χ3n) is 3.94. The van der Waals surface area contributed by atoms with Crippen LogP contribution in [0.1, 0.15) is 24.0 Å². The molecule has 0 N–H and O–H groups in total. The monoisotopic (exact) mass is 267 g/mol. The van der Waals surface area contributed by atoms with Gasteiger partial charge in [0, 0.05) is 18.8 Å². The topological polar surface area (TPSA) is 12.5 Å². The van der Waals surface area contributed by atoms with Gasteiger partial charge in [-0.25, -0.2) is 0 Å². The number of para-hydroxylation sites is 1. The fourth-order valence-electron chi connectivity index (χ4n) is 2.71. The summed E-state index contributed by atoms with van der Waals surface area (Å²) in [6.45, 7) is 6.55. The van der Waals surface area contributed by atoms with E-state index in [1.807, 2.05) is 18.2 Å². The molecule has 1 saturated heterocycles. The summed E-state index contributed by atoms with van der Waals surface area (Å²) in [4.78, 5) is 2.45. The Hall–Kier alpha value is -1.96. The van der Waals surface area contributed by atoms with Crippen LogP contribution < -0.4 is 9.64 Å². The molecule has 0 bridgehead atoms. The Morgan fingerprint density at radius 3 is 2.25 bits per heavy atom. The van der Waals surface area contributed by atoms with E-state index in [-0.39, 0.29) is 0 Å². The van der Waals surface area contributed by atoms with Crippen molar-refractivity contribution in [2.45, 2.75) is 26.7 Å². The van der Waals surface area contributed by atoms with Crippen LogP contribution in [0, 0.1) is 13.8 Å². The molecule has 3 rings (SSSR count). The average molecular weight is 267 g/mol. The minimum Gasteiger partial charge on any atom is -0.457 e. The summed E-state index contributed by atoms with van der Waals surface area (Å²) in [5.41, 5.74) is 3.67. The van der Waals surface area contributed by atoms with E-state index in [1.165, 1.54) is 37.2 Å². The highest BCUT2D eigenvalue weighted by atomic mass is 16.5. The molecule has 0 amide bonds. The minimum atomic E-state index is 0.935. The lowest BCUT2D eigenvalue weighted by atomic mass is 10.1. The lowest BCUT2D eigenvalue weighted by Crippen LogP contribution is -2.17. The first-order valence-corrected chi connectivity index (χ1v) is 7.33. The molecule has 1 fully saturated rings. The summed E-state index contributed by atoms with van der Waals surface area (Å²) in [7, 11) is 0. The van der Waals surface area contributed by atoms with Crippen LogP contribution in [0.4, 0.5) is 5.69 Å². The largest absolute Gasteiger partial charge is 0.457 e. The van der Waals surface area contributed by atoms with Crippen molar-refractivity contribution in [3.05, 3.63) is 53.6 Å². The molecule has 2 heteroatoms. The van der Waals surface area contributed by atoms with E-state index < -0.39 is 0 Å². The maximum atomic E-state index is 6.04. The number of rotatable bonds is 3. The lowest BCUT2D eigenvalue weighted by Gasteiger charge is -2.19. The molecular weight excluding hydrogens is 246 g/mol. The Morgan fingerprint density at radius 2 is 1.55 bits per heavy atom. The standard InChI is InChI=1S/C18H21NO/c1-14-7-3-4-8-17(14)20-18-10-9-16(13-15(18)2)19-11-5-6-12-19/h3-4,7-10,13H,5-6,11-12H2,1-2H3. The SMILES string of the molecule is Cc1ccccc1Oc1ccc(N2CCCC2)cc1C. The first-order chi connectivity index (χ1) is 9.74. The van der Waals surface area contributed by atoms with Crippen LogP contribution in [-0.2, 0) is 0 Å². The van der Waals surface area contributed by atoms with Crippen LogP contribution in [0.2, 0.25) is 0 Å². The molecule has 1 heterocycles. The summed E-state index contributed by atoms with van der Waals surface area (Å²) in [6.07, 6.45) is 2.61. The van der Waals surface area contributed by atoms with Gasteiger partial charge in [-0.2, -0.15) is 0 Å². The van der Waals surface area contributed by atoms with Gasteiger partial charge in [0.05, 0.1) is 0 Å². The highest BCUT2D eigenvalue weighted by molar-refractivity contribution is 5.54. The third-order valence-corrected chi connectivity index (χ3v) is 3.94. The Morgan fingerprint density at radius 1 is 0.850 bits per heavy atom. The Bertz CT molecular complexity index is 600. The zero-order valence-electron chi connectivity index (χ0n) is 12.2. The van der Waals surface area contributed by atoms with Crippen molar-refractivity contribution in [2.75, 3.05) is 18.0 Å². The van der Waals surface area contributed by atoms with Gasteiger partial charge in [-0.15, -0.1) is 0 Å². The normalized spacial score (nSPS) is 14.6. The zero-order chi connectivity index (χ0) is 13.9. The van der Waals surface area contributed by atoms with E-state index in [2.05, 4.69) is 43.0 Å². The van der Waals surface area contributed by atoms with E-state index in [0.717, 1.165) is 17.1 Å². The van der Waals surface area contributed by atoms with Gasteiger partial charge in [0.15, 0.2) is 0 Å². The van der Waals surface area contributed by atoms with E-state index in [9.17, 15) is 0 Å². The van der Waals surface area contributed by atoms with Crippen molar-refractivity contribution in [3.8, 4) is 11.5 Å². The second-order valence-electron chi connectivity index (χ2n) is 5.51. The molecule has 2 aromatic carbocycles. The van der Waals surface area contributed by atoms with Crippen molar-refractivity contribution in [3.63, 3.8) is 0 Å². The maximum absolute atomic E-state index is 6.04. The van der Waals surface area contributed by atoms with Crippen molar-refractivity contribution < 1.29 is 4.74 Å². The number of hydrogen-bond acceptors (Lipinski definition) is 2. The molecule has 0 aliphatic carbocycles. The summed E-state index contributed by atoms with van der Waals surface area (Å²) in [6, 6.07) is 14.6. The van der Waals surface area contributed by atoms with Crippen LogP contribution in [-0.4, -0.2) is 13.1 Å². The Labute approximate surface area is 121 Å². The lowest BCUT2D eigenvalue weighted by molar-refractivity contribution is 0.475. The number of ether oxygens (including phenoxy) is 1. The van der Waals surface area contributed by atoms with Gasteiger partial charge in [0.1, 0.15) is 11.5 Å². The number of hydrogen-bond donors (Lipinski definition) is 0. The first-order valence-electron chi connectivity index (χ1n) is 7.33. The molecule has 104 valence electrons. The molecule has 20 heavy (non-hydrogen) atoms. The van der Waals surface area contributed by atoms with Crippen LogP contribution >= 0.6 is 0 Å². The fourth-order valence-corrected chi connectivity index (χ4v) is 2.71. The van der Waals surface area contributed by atoms with Gasteiger partial charge in [0.25, 0.3) is 0 Å². The minimum absolute atomic E-state index is 0.935. The average Bonchev–Trinajstić information content (AvgIpc) is 2.97. The van der Waals surface area contributed by atoms with Gasteiger partial charge in [-0.3, -0.25) is 0 Å². The molecule has 2 nitrogen and oxygen atoms in total. The summed E-state index contributed by atoms with van der Waals surface area (Å²) < 4.78 is 6.04. The van der Waals surface area contributed by atoms with Crippen LogP contribution in [0.3, 0.4) is 0 Å². The number of nitrogens with zero attached hydrogens (tertiary/aromatic N) is 1. The van der Waals surface area contributed by atoms with E-state index in [1.54, 1.807) is 0 Å².